The van der Waals surface area contributed by atoms with Crippen LogP contribution in [0.2, 0.25) is 0 Å². The predicted octanol–water partition coefficient (Wildman–Crippen LogP) is 3.80. The molecule has 2 aromatic rings. The van der Waals surface area contributed by atoms with Gasteiger partial charge in [0, 0.05) is 11.3 Å². The van der Waals surface area contributed by atoms with Crippen LogP contribution in [0.15, 0.2) is 42.5 Å². The van der Waals surface area contributed by atoms with E-state index in [0.717, 1.165) is 5.56 Å². The fourth-order valence-corrected chi connectivity index (χ4v) is 2.26. The van der Waals surface area contributed by atoms with Crippen molar-refractivity contribution in [2.24, 2.45) is 0 Å². The Morgan fingerprint density at radius 1 is 1.04 bits per heavy atom. The average molecular weight is 342 g/mol. The smallest absolute Gasteiger partial charge is 0.251 e. The van der Waals surface area contributed by atoms with E-state index in [-0.39, 0.29) is 23.7 Å². The van der Waals surface area contributed by atoms with Crippen LogP contribution >= 0.6 is 0 Å². The Morgan fingerprint density at radius 3 is 2.24 bits per heavy atom. The molecular formula is C20H23FN2O2. The fraction of sp³-hybridized carbons (Fsp3) is 0.300. The van der Waals surface area contributed by atoms with E-state index in [4.69, 9.17) is 0 Å². The molecule has 0 atom stereocenters. The van der Waals surface area contributed by atoms with Crippen LogP contribution in [-0.4, -0.2) is 18.4 Å². The topological polar surface area (TPSA) is 58.2 Å². The van der Waals surface area contributed by atoms with E-state index in [9.17, 15) is 14.0 Å². The van der Waals surface area contributed by atoms with E-state index in [2.05, 4.69) is 31.4 Å². The van der Waals surface area contributed by atoms with Gasteiger partial charge in [0.15, 0.2) is 0 Å². The number of anilines is 1. The third kappa shape index (κ3) is 5.14. The standard InChI is InChI=1S/C20H23FN2O2/c1-13-5-10-16(11-17(13)21)23-18(24)12-22-19(25)14-6-8-15(9-7-14)20(2,3)4/h5-11H,12H2,1-4H3,(H,22,25)(H,23,24). The highest BCUT2D eigenvalue weighted by molar-refractivity contribution is 5.99. The summed E-state index contributed by atoms with van der Waals surface area (Å²) in [7, 11) is 0. The van der Waals surface area contributed by atoms with Crippen molar-refractivity contribution in [3.05, 3.63) is 65.0 Å². The van der Waals surface area contributed by atoms with Crippen LogP contribution in [-0.2, 0) is 10.2 Å². The molecule has 0 saturated heterocycles. The lowest BCUT2D eigenvalue weighted by molar-refractivity contribution is -0.115. The third-order valence-corrected chi connectivity index (χ3v) is 3.88. The molecule has 0 spiro atoms. The van der Waals surface area contributed by atoms with Crippen LogP contribution in [0.4, 0.5) is 10.1 Å². The summed E-state index contributed by atoms with van der Waals surface area (Å²) < 4.78 is 13.5. The van der Waals surface area contributed by atoms with Gasteiger partial charge in [0.25, 0.3) is 5.91 Å². The second kappa shape index (κ2) is 7.47. The molecule has 0 fully saturated rings. The largest absolute Gasteiger partial charge is 0.343 e. The Kier molecular flexibility index (Phi) is 5.57. The number of benzene rings is 2. The lowest BCUT2D eigenvalue weighted by atomic mass is 9.87. The summed E-state index contributed by atoms with van der Waals surface area (Å²) in [6.07, 6.45) is 0. The van der Waals surface area contributed by atoms with Crippen LogP contribution in [0.3, 0.4) is 0 Å². The summed E-state index contributed by atoms with van der Waals surface area (Å²) in [6, 6.07) is 11.7. The first-order chi connectivity index (χ1) is 11.7. The molecule has 0 radical (unpaired) electrons. The molecule has 0 aliphatic carbocycles. The van der Waals surface area contributed by atoms with Crippen molar-refractivity contribution in [3.8, 4) is 0 Å². The summed E-state index contributed by atoms with van der Waals surface area (Å²) >= 11 is 0. The van der Waals surface area contributed by atoms with E-state index >= 15 is 0 Å². The first-order valence-electron chi connectivity index (χ1n) is 8.11. The van der Waals surface area contributed by atoms with E-state index in [1.165, 1.54) is 6.07 Å². The molecule has 0 aliphatic heterocycles. The third-order valence-electron chi connectivity index (χ3n) is 3.88. The second-order valence-corrected chi connectivity index (χ2v) is 7.02. The summed E-state index contributed by atoms with van der Waals surface area (Å²) in [4.78, 5) is 24.0. The number of amides is 2. The number of halogens is 1. The minimum Gasteiger partial charge on any atom is -0.343 e. The molecule has 0 heterocycles. The van der Waals surface area contributed by atoms with Gasteiger partial charge < -0.3 is 10.6 Å². The van der Waals surface area contributed by atoms with Crippen molar-refractivity contribution in [2.45, 2.75) is 33.1 Å². The van der Waals surface area contributed by atoms with Gasteiger partial charge in [-0.05, 0) is 47.7 Å². The summed E-state index contributed by atoms with van der Waals surface area (Å²) in [5.74, 6) is -1.13. The van der Waals surface area contributed by atoms with Gasteiger partial charge in [-0.15, -0.1) is 0 Å². The van der Waals surface area contributed by atoms with Crippen molar-refractivity contribution in [1.29, 1.82) is 0 Å². The molecule has 0 bridgehead atoms. The Morgan fingerprint density at radius 2 is 1.68 bits per heavy atom. The number of nitrogens with one attached hydrogen (secondary N) is 2. The Balaban J connectivity index is 1.90. The Labute approximate surface area is 147 Å². The Bertz CT molecular complexity index is 777. The average Bonchev–Trinajstić information content (AvgIpc) is 2.55. The van der Waals surface area contributed by atoms with Gasteiger partial charge in [-0.1, -0.05) is 39.0 Å². The summed E-state index contributed by atoms with van der Waals surface area (Å²) in [5.41, 5.74) is 2.49. The van der Waals surface area contributed by atoms with E-state index in [1.54, 1.807) is 31.2 Å². The second-order valence-electron chi connectivity index (χ2n) is 7.02. The normalized spacial score (nSPS) is 11.1. The van der Waals surface area contributed by atoms with Gasteiger partial charge in [0.1, 0.15) is 5.82 Å². The minimum absolute atomic E-state index is 0.0121. The zero-order chi connectivity index (χ0) is 18.6. The minimum atomic E-state index is -0.414. The number of aryl methyl sites for hydroxylation is 1. The van der Waals surface area contributed by atoms with Crippen molar-refractivity contribution in [3.63, 3.8) is 0 Å². The molecule has 2 N–H and O–H groups in total. The van der Waals surface area contributed by atoms with Gasteiger partial charge in [-0.3, -0.25) is 9.59 Å². The number of carbonyl (C=O) groups is 2. The molecule has 4 nitrogen and oxygen atoms in total. The monoisotopic (exact) mass is 342 g/mol. The lowest BCUT2D eigenvalue weighted by Crippen LogP contribution is -2.32. The van der Waals surface area contributed by atoms with E-state index in [0.29, 0.717) is 16.8 Å². The maximum atomic E-state index is 13.5. The number of hydrogen-bond acceptors (Lipinski definition) is 2. The molecule has 132 valence electrons. The quantitative estimate of drug-likeness (QED) is 0.888. The van der Waals surface area contributed by atoms with Crippen LogP contribution in [0.1, 0.15) is 42.3 Å². The molecule has 0 aromatic heterocycles. The van der Waals surface area contributed by atoms with E-state index < -0.39 is 5.91 Å². The summed E-state index contributed by atoms with van der Waals surface area (Å²) in [5, 5.41) is 5.11. The van der Waals surface area contributed by atoms with Gasteiger partial charge >= 0.3 is 0 Å². The van der Waals surface area contributed by atoms with Crippen molar-refractivity contribution < 1.29 is 14.0 Å². The number of hydrogen-bond donors (Lipinski definition) is 2. The molecule has 0 unspecified atom stereocenters. The lowest BCUT2D eigenvalue weighted by Gasteiger charge is -2.19. The van der Waals surface area contributed by atoms with Crippen molar-refractivity contribution in [2.75, 3.05) is 11.9 Å². The predicted molar refractivity (Wildman–Crippen MR) is 97.2 cm³/mol. The molecule has 0 aliphatic rings. The van der Waals surface area contributed by atoms with Crippen molar-refractivity contribution in [1.82, 2.24) is 5.32 Å². The van der Waals surface area contributed by atoms with E-state index in [1.807, 2.05) is 12.1 Å². The fourth-order valence-electron chi connectivity index (χ4n) is 2.26. The molecule has 0 saturated carbocycles. The first kappa shape index (κ1) is 18.6. The number of carbonyl (C=O) groups excluding carboxylic acids is 2. The zero-order valence-corrected chi connectivity index (χ0v) is 14.9. The Hall–Kier alpha value is -2.69. The molecular weight excluding hydrogens is 319 g/mol. The van der Waals surface area contributed by atoms with Gasteiger partial charge in [-0.2, -0.15) is 0 Å². The van der Waals surface area contributed by atoms with Gasteiger partial charge in [-0.25, -0.2) is 4.39 Å². The van der Waals surface area contributed by atoms with Crippen LogP contribution < -0.4 is 10.6 Å². The molecule has 2 rings (SSSR count). The van der Waals surface area contributed by atoms with Crippen LogP contribution in [0.5, 0.6) is 0 Å². The summed E-state index contributed by atoms with van der Waals surface area (Å²) in [6.45, 7) is 7.75. The van der Waals surface area contributed by atoms with Crippen LogP contribution in [0, 0.1) is 12.7 Å². The first-order valence-corrected chi connectivity index (χ1v) is 8.11. The zero-order valence-electron chi connectivity index (χ0n) is 14.9. The van der Waals surface area contributed by atoms with Gasteiger partial charge in [0.2, 0.25) is 5.91 Å². The molecule has 5 heteroatoms. The van der Waals surface area contributed by atoms with Crippen LogP contribution in [0.25, 0.3) is 0 Å². The number of rotatable bonds is 4. The highest BCUT2D eigenvalue weighted by atomic mass is 19.1. The molecule has 2 aromatic carbocycles. The molecule has 2 amide bonds. The highest BCUT2D eigenvalue weighted by Gasteiger charge is 2.14. The molecule has 25 heavy (non-hydrogen) atoms. The van der Waals surface area contributed by atoms with Crippen molar-refractivity contribution >= 4 is 17.5 Å². The van der Waals surface area contributed by atoms with Gasteiger partial charge in [0.05, 0.1) is 6.54 Å². The maximum Gasteiger partial charge on any atom is 0.251 e. The highest BCUT2D eigenvalue weighted by Crippen LogP contribution is 2.22. The maximum absolute atomic E-state index is 13.5. The SMILES string of the molecule is Cc1ccc(NC(=O)CNC(=O)c2ccc(C(C)(C)C)cc2)cc1F.